The summed E-state index contributed by atoms with van der Waals surface area (Å²) in [6, 6.07) is -0.241. The Kier molecular flexibility index (Phi) is 7.11. The van der Waals surface area contributed by atoms with Crippen LogP contribution in [-0.2, 0) is 9.59 Å². The van der Waals surface area contributed by atoms with Gasteiger partial charge in [0.25, 0.3) is 0 Å². The third-order valence-corrected chi connectivity index (χ3v) is 3.54. The fourth-order valence-electron chi connectivity index (χ4n) is 2.54. The Morgan fingerprint density at radius 3 is 2.14 bits per heavy atom. The molecule has 0 aromatic heterocycles. The van der Waals surface area contributed by atoms with Gasteiger partial charge in [0, 0.05) is 32.2 Å². The molecule has 0 radical (unpaired) electrons. The van der Waals surface area contributed by atoms with E-state index in [1.807, 2.05) is 18.7 Å². The maximum Gasteiger partial charge on any atom is 0.239 e. The minimum absolute atomic E-state index is 0.0370. The summed E-state index contributed by atoms with van der Waals surface area (Å²) in [7, 11) is 0. The molecule has 6 nitrogen and oxygen atoms in total. The fourth-order valence-corrected chi connectivity index (χ4v) is 2.54. The molecule has 2 amide bonds. The molecule has 122 valence electrons. The molecule has 21 heavy (non-hydrogen) atoms. The lowest BCUT2D eigenvalue weighted by Gasteiger charge is -2.35. The van der Waals surface area contributed by atoms with Crippen molar-refractivity contribution in [2.24, 2.45) is 11.7 Å². The number of hydrogen-bond acceptors (Lipinski definition) is 4. The van der Waals surface area contributed by atoms with Crippen molar-refractivity contribution in [2.45, 2.75) is 46.2 Å². The van der Waals surface area contributed by atoms with Gasteiger partial charge in [0.1, 0.15) is 0 Å². The van der Waals surface area contributed by atoms with Crippen molar-refractivity contribution in [3.8, 4) is 0 Å². The van der Waals surface area contributed by atoms with E-state index < -0.39 is 6.04 Å². The summed E-state index contributed by atoms with van der Waals surface area (Å²) >= 11 is 0. The summed E-state index contributed by atoms with van der Waals surface area (Å²) in [5.41, 5.74) is 5.95. The number of rotatable bonds is 6. The van der Waals surface area contributed by atoms with Gasteiger partial charge in [-0.1, -0.05) is 13.8 Å². The van der Waals surface area contributed by atoms with Gasteiger partial charge in [-0.2, -0.15) is 0 Å². The van der Waals surface area contributed by atoms with Crippen LogP contribution in [0.15, 0.2) is 0 Å². The Morgan fingerprint density at radius 2 is 1.67 bits per heavy atom. The lowest BCUT2D eigenvalue weighted by atomic mass is 10.0. The van der Waals surface area contributed by atoms with E-state index in [9.17, 15) is 9.59 Å². The molecular weight excluding hydrogens is 268 g/mol. The summed E-state index contributed by atoms with van der Waals surface area (Å²) in [6.45, 7) is 11.2. The highest BCUT2D eigenvalue weighted by Gasteiger charge is 2.26. The second kappa shape index (κ2) is 8.34. The molecule has 0 unspecified atom stereocenters. The van der Waals surface area contributed by atoms with E-state index in [2.05, 4.69) is 24.1 Å². The standard InChI is InChI=1S/C15H30N4O2/c1-11(2)9-13(16)15(21)19-7-5-18(6-8-19)10-14(20)17-12(3)4/h11-13H,5-10,16H2,1-4H3,(H,17,20)/t13-/m0/s1. The summed E-state index contributed by atoms with van der Waals surface area (Å²) in [4.78, 5) is 27.8. The zero-order chi connectivity index (χ0) is 16.0. The zero-order valence-electron chi connectivity index (χ0n) is 13.8. The van der Waals surface area contributed by atoms with E-state index >= 15 is 0 Å². The molecule has 1 rings (SSSR count). The average molecular weight is 298 g/mol. The summed E-state index contributed by atoms with van der Waals surface area (Å²) in [6.07, 6.45) is 0.718. The average Bonchev–Trinajstić information content (AvgIpc) is 2.36. The van der Waals surface area contributed by atoms with Crippen molar-refractivity contribution in [2.75, 3.05) is 32.7 Å². The number of carbonyl (C=O) groups is 2. The van der Waals surface area contributed by atoms with Crippen molar-refractivity contribution < 1.29 is 9.59 Å². The number of piperazine rings is 1. The van der Waals surface area contributed by atoms with Gasteiger partial charge < -0.3 is 16.0 Å². The van der Waals surface area contributed by atoms with Gasteiger partial charge in [0.2, 0.25) is 11.8 Å². The Bertz CT molecular complexity index is 350. The van der Waals surface area contributed by atoms with E-state index in [-0.39, 0.29) is 17.9 Å². The van der Waals surface area contributed by atoms with Gasteiger partial charge >= 0.3 is 0 Å². The Labute approximate surface area is 128 Å². The molecule has 1 saturated heterocycles. The van der Waals surface area contributed by atoms with E-state index in [1.165, 1.54) is 0 Å². The number of nitrogens with one attached hydrogen (secondary N) is 1. The third-order valence-electron chi connectivity index (χ3n) is 3.54. The molecular formula is C15H30N4O2. The van der Waals surface area contributed by atoms with Crippen LogP contribution in [-0.4, -0.2) is 66.4 Å². The minimum Gasteiger partial charge on any atom is -0.353 e. The first kappa shape index (κ1) is 17.9. The SMILES string of the molecule is CC(C)C[C@H](N)C(=O)N1CCN(CC(=O)NC(C)C)CC1. The molecule has 1 aliphatic rings. The highest BCUT2D eigenvalue weighted by molar-refractivity contribution is 5.82. The maximum absolute atomic E-state index is 12.2. The monoisotopic (exact) mass is 298 g/mol. The van der Waals surface area contributed by atoms with Crippen LogP contribution in [0.4, 0.5) is 0 Å². The van der Waals surface area contributed by atoms with Crippen LogP contribution < -0.4 is 11.1 Å². The smallest absolute Gasteiger partial charge is 0.239 e. The van der Waals surface area contributed by atoms with E-state index in [1.54, 1.807) is 0 Å². The second-order valence-corrected chi connectivity index (χ2v) is 6.56. The lowest BCUT2D eigenvalue weighted by Crippen LogP contribution is -2.54. The summed E-state index contributed by atoms with van der Waals surface area (Å²) in [5, 5.41) is 2.88. The van der Waals surface area contributed by atoms with Gasteiger partial charge in [-0.05, 0) is 26.2 Å². The van der Waals surface area contributed by atoms with Crippen molar-refractivity contribution in [1.29, 1.82) is 0 Å². The predicted molar refractivity (Wildman–Crippen MR) is 83.7 cm³/mol. The van der Waals surface area contributed by atoms with E-state index in [4.69, 9.17) is 5.73 Å². The van der Waals surface area contributed by atoms with Crippen LogP contribution in [0.2, 0.25) is 0 Å². The second-order valence-electron chi connectivity index (χ2n) is 6.56. The maximum atomic E-state index is 12.2. The van der Waals surface area contributed by atoms with Gasteiger partial charge in [0.05, 0.1) is 12.6 Å². The Balaban J connectivity index is 2.34. The molecule has 1 aliphatic heterocycles. The molecule has 1 heterocycles. The van der Waals surface area contributed by atoms with E-state index in [0.717, 1.165) is 19.5 Å². The number of nitrogens with two attached hydrogens (primary N) is 1. The molecule has 3 N–H and O–H groups in total. The third kappa shape index (κ3) is 6.44. The van der Waals surface area contributed by atoms with Gasteiger partial charge in [0.15, 0.2) is 0 Å². The normalized spacial score (nSPS) is 18.1. The predicted octanol–water partition coefficient (Wildman–Crippen LogP) is 0.0286. The van der Waals surface area contributed by atoms with Gasteiger partial charge in [-0.3, -0.25) is 14.5 Å². The van der Waals surface area contributed by atoms with Crippen LogP contribution in [0.5, 0.6) is 0 Å². The Morgan fingerprint density at radius 1 is 1.10 bits per heavy atom. The summed E-state index contributed by atoms with van der Waals surface area (Å²) in [5.74, 6) is 0.501. The quantitative estimate of drug-likeness (QED) is 0.725. The molecule has 0 saturated carbocycles. The number of nitrogens with zero attached hydrogens (tertiary/aromatic N) is 2. The van der Waals surface area contributed by atoms with Crippen LogP contribution in [0.1, 0.15) is 34.1 Å². The largest absolute Gasteiger partial charge is 0.353 e. The van der Waals surface area contributed by atoms with Gasteiger partial charge in [-0.15, -0.1) is 0 Å². The highest BCUT2D eigenvalue weighted by atomic mass is 16.2. The number of hydrogen-bond donors (Lipinski definition) is 2. The van der Waals surface area contributed by atoms with Crippen molar-refractivity contribution >= 4 is 11.8 Å². The first-order chi connectivity index (χ1) is 9.79. The van der Waals surface area contributed by atoms with E-state index in [0.29, 0.717) is 25.6 Å². The molecule has 0 spiro atoms. The number of carbonyl (C=O) groups excluding carboxylic acids is 2. The molecule has 0 aromatic rings. The topological polar surface area (TPSA) is 78.7 Å². The molecule has 6 heteroatoms. The van der Waals surface area contributed by atoms with Crippen LogP contribution in [0.3, 0.4) is 0 Å². The first-order valence-corrected chi connectivity index (χ1v) is 7.85. The molecule has 1 fully saturated rings. The zero-order valence-corrected chi connectivity index (χ0v) is 13.8. The first-order valence-electron chi connectivity index (χ1n) is 7.85. The van der Waals surface area contributed by atoms with Crippen LogP contribution in [0, 0.1) is 5.92 Å². The minimum atomic E-state index is -0.402. The highest BCUT2D eigenvalue weighted by Crippen LogP contribution is 2.08. The Hall–Kier alpha value is -1.14. The van der Waals surface area contributed by atoms with Crippen molar-refractivity contribution in [3.63, 3.8) is 0 Å². The molecule has 0 aromatic carbocycles. The summed E-state index contributed by atoms with van der Waals surface area (Å²) < 4.78 is 0. The molecule has 0 aliphatic carbocycles. The van der Waals surface area contributed by atoms with Crippen molar-refractivity contribution in [3.05, 3.63) is 0 Å². The van der Waals surface area contributed by atoms with Crippen LogP contribution >= 0.6 is 0 Å². The molecule has 0 bridgehead atoms. The van der Waals surface area contributed by atoms with Crippen LogP contribution in [0.25, 0.3) is 0 Å². The lowest BCUT2D eigenvalue weighted by molar-refractivity contribution is -0.135. The van der Waals surface area contributed by atoms with Gasteiger partial charge in [-0.25, -0.2) is 0 Å². The fraction of sp³-hybridized carbons (Fsp3) is 0.867. The van der Waals surface area contributed by atoms with Crippen molar-refractivity contribution in [1.82, 2.24) is 15.1 Å². The molecule has 1 atom stereocenters. The number of amides is 2.